The zero-order valence-electron chi connectivity index (χ0n) is 20.0. The molecule has 0 bridgehead atoms. The minimum Gasteiger partial charge on any atom is -0.350 e. The first-order valence-electron chi connectivity index (χ1n) is 11.9. The Kier molecular flexibility index (Phi) is 6.89. The standard InChI is InChI=1S/C29H25N5O3/c35-27(19-34-25-10-3-1-8-23(25)28(36)24-9-2-4-11-26(24)34)31-18-21-6-5-7-22(16-21)33-29(37)32-17-20-12-14-30-15-13-20/h1-16H,17-19H2,(H,31,35)(H2,32,33,37). The summed E-state index contributed by atoms with van der Waals surface area (Å²) in [6.07, 6.45) is 3.35. The van der Waals surface area contributed by atoms with E-state index in [9.17, 15) is 14.4 Å². The predicted octanol–water partition coefficient (Wildman–Crippen LogP) is 4.19. The van der Waals surface area contributed by atoms with Gasteiger partial charge in [0.15, 0.2) is 5.43 Å². The van der Waals surface area contributed by atoms with E-state index < -0.39 is 0 Å². The number of nitrogens with zero attached hydrogens (tertiary/aromatic N) is 2. The summed E-state index contributed by atoms with van der Waals surface area (Å²) in [5.74, 6) is -0.188. The van der Waals surface area contributed by atoms with Crippen LogP contribution in [0.4, 0.5) is 10.5 Å². The van der Waals surface area contributed by atoms with Crippen LogP contribution in [0.5, 0.6) is 0 Å². The fourth-order valence-electron chi connectivity index (χ4n) is 4.26. The number of anilines is 1. The molecule has 0 fully saturated rings. The maximum absolute atomic E-state index is 12.9. The van der Waals surface area contributed by atoms with Crippen LogP contribution in [-0.2, 0) is 24.4 Å². The molecule has 3 N–H and O–H groups in total. The van der Waals surface area contributed by atoms with Crippen molar-refractivity contribution >= 4 is 39.4 Å². The number of hydrogen-bond donors (Lipinski definition) is 3. The fraction of sp³-hybridized carbons (Fsp3) is 0.103. The lowest BCUT2D eigenvalue weighted by molar-refractivity contribution is -0.121. The zero-order valence-corrected chi connectivity index (χ0v) is 20.0. The van der Waals surface area contributed by atoms with Crippen LogP contribution in [0.15, 0.2) is 102 Å². The molecule has 0 spiro atoms. The molecule has 0 radical (unpaired) electrons. The molecule has 2 aromatic heterocycles. The molecule has 184 valence electrons. The lowest BCUT2D eigenvalue weighted by Gasteiger charge is -2.15. The van der Waals surface area contributed by atoms with Crippen molar-refractivity contribution in [1.82, 2.24) is 20.2 Å². The van der Waals surface area contributed by atoms with E-state index in [-0.39, 0.29) is 23.9 Å². The number of rotatable bonds is 7. The molecule has 8 heteroatoms. The SMILES string of the molecule is O=C(Cn1c2ccccc2c(=O)c2ccccc21)NCc1cccc(NC(=O)NCc2ccncc2)c1. The highest BCUT2D eigenvalue weighted by molar-refractivity contribution is 5.95. The lowest BCUT2D eigenvalue weighted by Crippen LogP contribution is -2.29. The summed E-state index contributed by atoms with van der Waals surface area (Å²) in [5.41, 5.74) is 3.80. The highest BCUT2D eigenvalue weighted by atomic mass is 16.2. The predicted molar refractivity (Wildman–Crippen MR) is 144 cm³/mol. The number of pyridine rings is 2. The van der Waals surface area contributed by atoms with Crippen molar-refractivity contribution in [2.24, 2.45) is 0 Å². The first kappa shape index (κ1) is 23.7. The van der Waals surface area contributed by atoms with Gasteiger partial charge in [0.1, 0.15) is 6.54 Å². The van der Waals surface area contributed by atoms with E-state index >= 15 is 0 Å². The number of fused-ring (bicyclic) bond motifs is 2. The number of carbonyl (C=O) groups excluding carboxylic acids is 2. The third kappa shape index (κ3) is 5.48. The Labute approximate surface area is 213 Å². The van der Waals surface area contributed by atoms with E-state index in [1.807, 2.05) is 71.3 Å². The summed E-state index contributed by atoms with van der Waals surface area (Å²) in [6, 6.07) is 25.3. The number of nitrogens with one attached hydrogen (secondary N) is 3. The molecule has 8 nitrogen and oxygen atoms in total. The van der Waals surface area contributed by atoms with Gasteiger partial charge in [0.05, 0.1) is 11.0 Å². The molecule has 2 heterocycles. The van der Waals surface area contributed by atoms with Crippen LogP contribution in [0.1, 0.15) is 11.1 Å². The maximum atomic E-state index is 12.9. The normalized spacial score (nSPS) is 10.8. The monoisotopic (exact) mass is 491 g/mol. The fourth-order valence-corrected chi connectivity index (χ4v) is 4.26. The molecule has 0 saturated heterocycles. The molecule has 0 saturated carbocycles. The van der Waals surface area contributed by atoms with Gasteiger partial charge >= 0.3 is 6.03 Å². The second kappa shape index (κ2) is 10.7. The largest absolute Gasteiger partial charge is 0.350 e. The van der Waals surface area contributed by atoms with Crippen LogP contribution in [0.3, 0.4) is 0 Å². The van der Waals surface area contributed by atoms with Gasteiger partial charge in [0.25, 0.3) is 0 Å². The smallest absolute Gasteiger partial charge is 0.319 e. The third-order valence-corrected chi connectivity index (χ3v) is 6.06. The molecule has 3 amide bonds. The summed E-state index contributed by atoms with van der Waals surface area (Å²) in [7, 11) is 0. The Hall–Kier alpha value is -4.98. The minimum atomic E-state index is -0.324. The molecular weight excluding hydrogens is 466 g/mol. The zero-order chi connectivity index (χ0) is 25.6. The average Bonchev–Trinajstić information content (AvgIpc) is 2.94. The first-order chi connectivity index (χ1) is 18.1. The van der Waals surface area contributed by atoms with Crippen LogP contribution < -0.4 is 21.4 Å². The van der Waals surface area contributed by atoms with E-state index in [0.29, 0.717) is 40.6 Å². The summed E-state index contributed by atoms with van der Waals surface area (Å²) in [4.78, 5) is 42.1. The molecule has 0 atom stereocenters. The first-order valence-corrected chi connectivity index (χ1v) is 11.9. The number of benzene rings is 3. The van der Waals surface area contributed by atoms with Gasteiger partial charge in [0, 0.05) is 41.9 Å². The third-order valence-electron chi connectivity index (χ3n) is 6.06. The number of hydrogen-bond acceptors (Lipinski definition) is 4. The van der Waals surface area contributed by atoms with Crippen molar-refractivity contribution in [1.29, 1.82) is 0 Å². The molecule has 3 aromatic carbocycles. The van der Waals surface area contributed by atoms with E-state index in [1.54, 1.807) is 30.6 Å². The van der Waals surface area contributed by atoms with Gasteiger partial charge in [-0.3, -0.25) is 14.6 Å². The van der Waals surface area contributed by atoms with E-state index in [1.165, 1.54) is 0 Å². The van der Waals surface area contributed by atoms with Crippen molar-refractivity contribution in [3.63, 3.8) is 0 Å². The summed E-state index contributed by atoms with van der Waals surface area (Å²) < 4.78 is 1.87. The van der Waals surface area contributed by atoms with Gasteiger partial charge in [-0.2, -0.15) is 0 Å². The Bertz CT molecular complexity index is 1590. The van der Waals surface area contributed by atoms with Gasteiger partial charge in [-0.1, -0.05) is 36.4 Å². The van der Waals surface area contributed by atoms with E-state index in [2.05, 4.69) is 20.9 Å². The number of carbonyl (C=O) groups is 2. The topological polar surface area (TPSA) is 105 Å². The summed E-state index contributed by atoms with van der Waals surface area (Å²) in [5, 5.41) is 9.72. The van der Waals surface area contributed by atoms with E-state index in [0.717, 1.165) is 11.1 Å². The lowest BCUT2D eigenvalue weighted by atomic mass is 10.1. The highest BCUT2D eigenvalue weighted by Crippen LogP contribution is 2.19. The molecule has 0 aliphatic carbocycles. The van der Waals surface area contributed by atoms with Gasteiger partial charge in [-0.25, -0.2) is 4.79 Å². The van der Waals surface area contributed by atoms with Crippen molar-refractivity contribution < 1.29 is 9.59 Å². The molecule has 37 heavy (non-hydrogen) atoms. The van der Waals surface area contributed by atoms with Crippen molar-refractivity contribution in [2.45, 2.75) is 19.6 Å². The van der Waals surface area contributed by atoms with Gasteiger partial charge in [-0.15, -0.1) is 0 Å². The average molecular weight is 492 g/mol. The number of aromatic nitrogens is 2. The number of para-hydroxylation sites is 2. The number of urea groups is 1. The molecule has 0 aliphatic rings. The van der Waals surface area contributed by atoms with Crippen molar-refractivity contribution in [2.75, 3.05) is 5.32 Å². The maximum Gasteiger partial charge on any atom is 0.319 e. The van der Waals surface area contributed by atoms with Crippen molar-refractivity contribution in [3.8, 4) is 0 Å². The number of amides is 3. The second-order valence-corrected chi connectivity index (χ2v) is 8.59. The molecule has 0 aliphatic heterocycles. The van der Waals surface area contributed by atoms with Crippen LogP contribution in [0.2, 0.25) is 0 Å². The quantitative estimate of drug-likeness (QED) is 0.297. The summed E-state index contributed by atoms with van der Waals surface area (Å²) in [6.45, 7) is 0.748. The van der Waals surface area contributed by atoms with Crippen molar-refractivity contribution in [3.05, 3.63) is 119 Å². The Morgan fingerprint density at radius 2 is 1.38 bits per heavy atom. The Morgan fingerprint density at radius 3 is 2.08 bits per heavy atom. The minimum absolute atomic E-state index is 0.0445. The van der Waals surface area contributed by atoms with Gasteiger partial charge < -0.3 is 20.5 Å². The van der Waals surface area contributed by atoms with Crippen LogP contribution in [0.25, 0.3) is 21.8 Å². The van der Waals surface area contributed by atoms with Crippen LogP contribution in [-0.4, -0.2) is 21.5 Å². The highest BCUT2D eigenvalue weighted by Gasteiger charge is 2.13. The molecule has 5 aromatic rings. The van der Waals surface area contributed by atoms with Gasteiger partial charge in [0.2, 0.25) is 5.91 Å². The molecular formula is C29H25N5O3. The van der Waals surface area contributed by atoms with E-state index in [4.69, 9.17) is 0 Å². The second-order valence-electron chi connectivity index (χ2n) is 8.59. The Balaban J connectivity index is 1.24. The molecule has 5 rings (SSSR count). The van der Waals surface area contributed by atoms with Crippen LogP contribution in [0, 0.1) is 0 Å². The van der Waals surface area contributed by atoms with Crippen LogP contribution >= 0.6 is 0 Å². The summed E-state index contributed by atoms with van der Waals surface area (Å²) >= 11 is 0. The Morgan fingerprint density at radius 1 is 0.730 bits per heavy atom. The molecule has 0 unspecified atom stereocenters. The van der Waals surface area contributed by atoms with Gasteiger partial charge in [-0.05, 0) is 59.7 Å².